The Bertz CT molecular complexity index is 630. The molecule has 0 aliphatic heterocycles. The van der Waals surface area contributed by atoms with Crippen LogP contribution < -0.4 is 5.73 Å². The van der Waals surface area contributed by atoms with Crippen molar-refractivity contribution < 1.29 is 17.9 Å². The van der Waals surface area contributed by atoms with Crippen LogP contribution in [-0.4, -0.2) is 25.2 Å². The summed E-state index contributed by atoms with van der Waals surface area (Å²) in [6.07, 6.45) is -0.0676. The van der Waals surface area contributed by atoms with E-state index in [9.17, 15) is 13.2 Å². The summed E-state index contributed by atoms with van der Waals surface area (Å²) in [7, 11) is -3.46. The zero-order chi connectivity index (χ0) is 17.1. The van der Waals surface area contributed by atoms with Gasteiger partial charge in [0.15, 0.2) is 9.84 Å². The molecule has 1 rings (SSSR count). The highest BCUT2D eigenvalue weighted by atomic mass is 32.2. The molecule has 0 spiro atoms. The Morgan fingerprint density at radius 2 is 1.77 bits per heavy atom. The monoisotopic (exact) mass is 327 g/mol. The third-order valence-corrected chi connectivity index (χ3v) is 5.28. The average molecular weight is 327 g/mol. The number of hydrogen-bond acceptors (Lipinski definition) is 5. The molecule has 6 heteroatoms. The van der Waals surface area contributed by atoms with Gasteiger partial charge in [0, 0.05) is 6.04 Å². The summed E-state index contributed by atoms with van der Waals surface area (Å²) in [6.45, 7) is 8.55. The van der Waals surface area contributed by atoms with E-state index in [2.05, 4.69) is 0 Å². The minimum atomic E-state index is -3.46. The highest BCUT2D eigenvalue weighted by Crippen LogP contribution is 2.26. The van der Waals surface area contributed by atoms with Crippen LogP contribution in [0.25, 0.3) is 0 Å². The molecule has 1 aromatic rings. The normalized spacial score (nSPS) is 14.0. The Morgan fingerprint density at radius 1 is 1.23 bits per heavy atom. The number of hydrogen-bond donors (Lipinski definition) is 1. The summed E-state index contributed by atoms with van der Waals surface area (Å²) in [5.41, 5.74) is 5.90. The number of carbonyl (C=O) groups excluding carboxylic acids is 1. The summed E-state index contributed by atoms with van der Waals surface area (Å²) in [4.78, 5) is 12.1. The molecule has 1 atom stereocenters. The van der Waals surface area contributed by atoms with Crippen molar-refractivity contribution in [1.29, 1.82) is 0 Å². The Balaban J connectivity index is 3.06. The Hall–Kier alpha value is -1.40. The van der Waals surface area contributed by atoms with Gasteiger partial charge >= 0.3 is 5.97 Å². The number of carbonyl (C=O) groups is 1. The van der Waals surface area contributed by atoms with Crippen LogP contribution in [0.4, 0.5) is 0 Å². The van der Waals surface area contributed by atoms with Crippen molar-refractivity contribution in [3.05, 3.63) is 29.8 Å². The van der Waals surface area contributed by atoms with Crippen LogP contribution in [0.15, 0.2) is 29.2 Å². The molecular formula is C16H25NO4S. The van der Waals surface area contributed by atoms with Gasteiger partial charge in [-0.1, -0.05) is 18.2 Å². The first-order chi connectivity index (χ1) is 9.95. The lowest BCUT2D eigenvalue weighted by Gasteiger charge is -2.22. The zero-order valence-corrected chi connectivity index (χ0v) is 14.6. The molecule has 124 valence electrons. The number of ether oxygens (including phenoxy) is 1. The maximum absolute atomic E-state index is 12.4. The standard InChI is InChI=1S/C16H25NO4S/c1-11(2)22(19,20)14-9-7-6-8-12(14)13(17)10-15(18)21-16(3,4)5/h6-9,11,13H,10,17H2,1-5H3/t13-/m1/s1. The molecule has 0 aliphatic carbocycles. The molecule has 0 saturated heterocycles. The van der Waals surface area contributed by atoms with Crippen molar-refractivity contribution in [2.24, 2.45) is 5.73 Å². The molecule has 0 saturated carbocycles. The summed E-state index contributed by atoms with van der Waals surface area (Å²) < 4.78 is 30.0. The van der Waals surface area contributed by atoms with Gasteiger partial charge in [-0.05, 0) is 46.2 Å². The van der Waals surface area contributed by atoms with Gasteiger partial charge in [0.1, 0.15) is 5.60 Å². The molecule has 0 unspecified atom stereocenters. The zero-order valence-electron chi connectivity index (χ0n) is 13.8. The third kappa shape index (κ3) is 4.81. The van der Waals surface area contributed by atoms with Crippen LogP contribution in [0.3, 0.4) is 0 Å². The van der Waals surface area contributed by atoms with Gasteiger partial charge in [0.2, 0.25) is 0 Å². The van der Waals surface area contributed by atoms with E-state index in [4.69, 9.17) is 10.5 Å². The highest BCUT2D eigenvalue weighted by molar-refractivity contribution is 7.92. The van der Waals surface area contributed by atoms with E-state index in [1.165, 1.54) is 6.07 Å². The minimum absolute atomic E-state index is 0.0676. The predicted octanol–water partition coefficient (Wildman–Crippen LogP) is 2.60. The van der Waals surface area contributed by atoms with E-state index in [-0.39, 0.29) is 11.3 Å². The van der Waals surface area contributed by atoms with E-state index >= 15 is 0 Å². The number of esters is 1. The van der Waals surface area contributed by atoms with Crippen LogP contribution in [0.1, 0.15) is 52.6 Å². The molecule has 22 heavy (non-hydrogen) atoms. The molecule has 2 N–H and O–H groups in total. The topological polar surface area (TPSA) is 86.5 Å². The highest BCUT2D eigenvalue weighted by Gasteiger charge is 2.26. The lowest BCUT2D eigenvalue weighted by molar-refractivity contribution is -0.155. The van der Waals surface area contributed by atoms with Crippen molar-refractivity contribution in [2.45, 2.75) is 62.8 Å². The molecule has 0 bridgehead atoms. The maximum atomic E-state index is 12.4. The Kier molecular flexibility index (Phi) is 5.76. The number of rotatable bonds is 5. The molecule has 1 aromatic carbocycles. The predicted molar refractivity (Wildman–Crippen MR) is 86.2 cm³/mol. The van der Waals surface area contributed by atoms with E-state index < -0.39 is 32.7 Å². The lowest BCUT2D eigenvalue weighted by Crippen LogP contribution is -2.27. The SMILES string of the molecule is CC(C)S(=O)(=O)c1ccccc1[C@H](N)CC(=O)OC(C)(C)C. The van der Waals surface area contributed by atoms with Gasteiger partial charge in [0.05, 0.1) is 16.6 Å². The molecule has 0 aliphatic rings. The molecular weight excluding hydrogens is 302 g/mol. The van der Waals surface area contributed by atoms with Gasteiger partial charge in [-0.15, -0.1) is 0 Å². The summed E-state index contributed by atoms with van der Waals surface area (Å²) in [5.74, 6) is -0.447. The van der Waals surface area contributed by atoms with Crippen molar-refractivity contribution in [2.75, 3.05) is 0 Å². The number of sulfone groups is 1. The van der Waals surface area contributed by atoms with E-state index in [1.54, 1.807) is 52.8 Å². The Morgan fingerprint density at radius 3 is 2.27 bits per heavy atom. The fraction of sp³-hybridized carbons (Fsp3) is 0.562. The van der Waals surface area contributed by atoms with E-state index in [0.29, 0.717) is 5.56 Å². The molecule has 0 fully saturated rings. The average Bonchev–Trinajstić information content (AvgIpc) is 2.36. The molecule has 0 aromatic heterocycles. The quantitative estimate of drug-likeness (QED) is 0.840. The first kappa shape index (κ1) is 18.6. The van der Waals surface area contributed by atoms with Gasteiger partial charge in [-0.25, -0.2) is 8.42 Å². The second kappa shape index (κ2) is 6.79. The largest absolute Gasteiger partial charge is 0.460 e. The molecule has 0 heterocycles. The van der Waals surface area contributed by atoms with Crippen LogP contribution in [0.5, 0.6) is 0 Å². The summed E-state index contributed by atoms with van der Waals surface area (Å²) in [5, 5.41) is -0.553. The maximum Gasteiger partial charge on any atom is 0.308 e. The first-order valence-electron chi connectivity index (χ1n) is 7.25. The van der Waals surface area contributed by atoms with E-state index in [0.717, 1.165) is 0 Å². The summed E-state index contributed by atoms with van der Waals surface area (Å²) >= 11 is 0. The van der Waals surface area contributed by atoms with Crippen LogP contribution >= 0.6 is 0 Å². The lowest BCUT2D eigenvalue weighted by atomic mass is 10.0. The second-order valence-electron chi connectivity index (χ2n) is 6.53. The van der Waals surface area contributed by atoms with Crippen LogP contribution in [0.2, 0.25) is 0 Å². The van der Waals surface area contributed by atoms with Gasteiger partial charge in [-0.3, -0.25) is 4.79 Å². The van der Waals surface area contributed by atoms with Crippen LogP contribution in [0, 0.1) is 0 Å². The van der Waals surface area contributed by atoms with Crippen molar-refractivity contribution in [3.8, 4) is 0 Å². The fourth-order valence-electron chi connectivity index (χ4n) is 1.97. The van der Waals surface area contributed by atoms with Crippen molar-refractivity contribution >= 4 is 15.8 Å². The molecule has 0 radical (unpaired) electrons. The fourth-order valence-corrected chi connectivity index (χ4v) is 3.30. The number of benzene rings is 1. The Labute approximate surface area is 132 Å². The van der Waals surface area contributed by atoms with E-state index in [1.807, 2.05) is 0 Å². The molecule has 5 nitrogen and oxygen atoms in total. The summed E-state index contributed by atoms with van der Waals surface area (Å²) in [6, 6.07) is 5.81. The van der Waals surface area contributed by atoms with Gasteiger partial charge in [-0.2, -0.15) is 0 Å². The van der Waals surface area contributed by atoms with Crippen molar-refractivity contribution in [1.82, 2.24) is 0 Å². The number of nitrogens with two attached hydrogens (primary N) is 1. The third-order valence-electron chi connectivity index (χ3n) is 3.05. The first-order valence-corrected chi connectivity index (χ1v) is 8.80. The van der Waals surface area contributed by atoms with Crippen molar-refractivity contribution in [3.63, 3.8) is 0 Å². The van der Waals surface area contributed by atoms with Gasteiger partial charge < -0.3 is 10.5 Å². The van der Waals surface area contributed by atoms with Gasteiger partial charge in [0.25, 0.3) is 0 Å². The minimum Gasteiger partial charge on any atom is -0.460 e. The molecule has 0 amide bonds. The second-order valence-corrected chi connectivity index (χ2v) is 9.00. The smallest absolute Gasteiger partial charge is 0.308 e. The van der Waals surface area contributed by atoms with Crippen LogP contribution in [-0.2, 0) is 19.4 Å².